The van der Waals surface area contributed by atoms with Crippen LogP contribution in [0.3, 0.4) is 0 Å². The van der Waals surface area contributed by atoms with E-state index in [1.54, 1.807) is 14.2 Å². The van der Waals surface area contributed by atoms with Crippen LogP contribution in [-0.4, -0.2) is 46.2 Å². The molecular formula is C12H21N5OS. The average molecular weight is 283 g/mol. The van der Waals surface area contributed by atoms with Gasteiger partial charge in [0.1, 0.15) is 0 Å². The van der Waals surface area contributed by atoms with Crippen LogP contribution in [0.15, 0.2) is 0 Å². The predicted octanol–water partition coefficient (Wildman–Crippen LogP) is 2.01. The Balaban J connectivity index is 1.99. The first-order valence-electron chi connectivity index (χ1n) is 6.61. The first kappa shape index (κ1) is 14.2. The molecule has 0 aromatic carbocycles. The summed E-state index contributed by atoms with van der Waals surface area (Å²) < 4.78 is 5.08. The van der Waals surface area contributed by atoms with Crippen molar-refractivity contribution in [1.82, 2.24) is 15.0 Å². The lowest BCUT2D eigenvalue weighted by atomic mass is 10.2. The number of hydrogen-bond acceptors (Lipinski definition) is 7. The molecule has 0 amide bonds. The number of aromatic nitrogens is 3. The van der Waals surface area contributed by atoms with E-state index in [4.69, 9.17) is 4.74 Å². The lowest BCUT2D eigenvalue weighted by Crippen LogP contribution is -2.19. The number of methoxy groups -OCH3 is 1. The van der Waals surface area contributed by atoms with E-state index in [9.17, 15) is 0 Å². The Labute approximate surface area is 118 Å². The van der Waals surface area contributed by atoms with Crippen molar-refractivity contribution in [3.05, 3.63) is 0 Å². The summed E-state index contributed by atoms with van der Waals surface area (Å²) in [6, 6.07) is 0.778. The lowest BCUT2D eigenvalue weighted by molar-refractivity contribution is 0.379. The van der Waals surface area contributed by atoms with Gasteiger partial charge in [-0.3, -0.25) is 0 Å². The number of ether oxygens (including phenoxy) is 1. The van der Waals surface area contributed by atoms with Crippen LogP contribution in [0.4, 0.5) is 11.9 Å². The Bertz CT molecular complexity index is 395. The minimum absolute atomic E-state index is 0.333. The molecule has 6 nitrogen and oxygen atoms in total. The van der Waals surface area contributed by atoms with Gasteiger partial charge in [-0.15, -0.1) is 0 Å². The van der Waals surface area contributed by atoms with E-state index in [0.717, 1.165) is 5.25 Å². The molecule has 2 rings (SSSR count). The summed E-state index contributed by atoms with van der Waals surface area (Å²) in [7, 11) is 3.34. The molecule has 2 atom stereocenters. The molecule has 1 fully saturated rings. The van der Waals surface area contributed by atoms with Crippen LogP contribution in [0.25, 0.3) is 0 Å². The molecule has 1 aromatic rings. The third-order valence-electron chi connectivity index (χ3n) is 3.14. The summed E-state index contributed by atoms with van der Waals surface area (Å²) in [4.78, 5) is 12.6. The van der Waals surface area contributed by atoms with Gasteiger partial charge >= 0.3 is 6.01 Å². The SMILES string of the molecule is CCSC1CCC(Nc2nc(NC)nc(OC)n2)C1. The largest absolute Gasteiger partial charge is 0.467 e. The maximum Gasteiger partial charge on any atom is 0.322 e. The third kappa shape index (κ3) is 3.86. The molecule has 1 saturated carbocycles. The Kier molecular flexibility index (Phi) is 5.07. The quantitative estimate of drug-likeness (QED) is 0.827. The molecular weight excluding hydrogens is 262 g/mol. The number of nitrogens with zero attached hydrogens (tertiary/aromatic N) is 3. The van der Waals surface area contributed by atoms with Crippen LogP contribution in [0, 0.1) is 0 Å². The second-order valence-corrected chi connectivity index (χ2v) is 6.03. The van der Waals surface area contributed by atoms with Gasteiger partial charge in [-0.05, 0) is 25.0 Å². The van der Waals surface area contributed by atoms with Crippen LogP contribution in [0.5, 0.6) is 6.01 Å². The standard InChI is InChI=1S/C12H21N5OS/c1-4-19-9-6-5-8(7-9)14-11-15-10(13-2)16-12(17-11)18-3/h8-9H,4-7H2,1-3H3,(H2,13,14,15,16,17). The summed E-state index contributed by atoms with van der Waals surface area (Å²) in [5.41, 5.74) is 0. The number of rotatable bonds is 6. The number of anilines is 2. The highest BCUT2D eigenvalue weighted by Crippen LogP contribution is 2.31. The number of hydrogen-bond donors (Lipinski definition) is 2. The molecule has 7 heteroatoms. The summed E-state index contributed by atoms with van der Waals surface area (Å²) in [6.45, 7) is 2.21. The fourth-order valence-corrected chi connectivity index (χ4v) is 3.41. The fraction of sp³-hybridized carbons (Fsp3) is 0.750. The number of nitrogens with one attached hydrogen (secondary N) is 2. The van der Waals surface area contributed by atoms with Gasteiger partial charge in [0, 0.05) is 18.3 Å². The highest BCUT2D eigenvalue weighted by atomic mass is 32.2. The Morgan fingerprint density at radius 3 is 2.74 bits per heavy atom. The normalized spacial score (nSPS) is 22.3. The molecule has 0 saturated heterocycles. The van der Waals surface area contributed by atoms with E-state index in [1.807, 2.05) is 11.8 Å². The minimum atomic E-state index is 0.333. The maximum absolute atomic E-state index is 5.08. The third-order valence-corrected chi connectivity index (χ3v) is 4.37. The van der Waals surface area contributed by atoms with Gasteiger partial charge in [-0.1, -0.05) is 6.92 Å². The van der Waals surface area contributed by atoms with Crippen molar-refractivity contribution in [2.24, 2.45) is 0 Å². The molecule has 1 aliphatic rings. The van der Waals surface area contributed by atoms with Gasteiger partial charge in [0.15, 0.2) is 0 Å². The fourth-order valence-electron chi connectivity index (χ4n) is 2.27. The van der Waals surface area contributed by atoms with Crippen LogP contribution in [0.2, 0.25) is 0 Å². The van der Waals surface area contributed by atoms with E-state index in [2.05, 4.69) is 32.5 Å². The minimum Gasteiger partial charge on any atom is -0.467 e. The molecule has 1 heterocycles. The molecule has 19 heavy (non-hydrogen) atoms. The van der Waals surface area contributed by atoms with Crippen LogP contribution in [-0.2, 0) is 0 Å². The monoisotopic (exact) mass is 283 g/mol. The highest BCUT2D eigenvalue weighted by molar-refractivity contribution is 7.99. The Morgan fingerprint density at radius 1 is 1.26 bits per heavy atom. The summed E-state index contributed by atoms with van der Waals surface area (Å²) >= 11 is 2.04. The average Bonchev–Trinajstić information content (AvgIpc) is 2.86. The first-order chi connectivity index (χ1) is 9.25. The number of thioether (sulfide) groups is 1. The van der Waals surface area contributed by atoms with Gasteiger partial charge in [0.05, 0.1) is 7.11 Å². The van der Waals surface area contributed by atoms with Gasteiger partial charge in [-0.25, -0.2) is 0 Å². The van der Waals surface area contributed by atoms with Crippen molar-refractivity contribution in [1.29, 1.82) is 0 Å². The Hall–Kier alpha value is -1.24. The zero-order valence-electron chi connectivity index (χ0n) is 11.6. The van der Waals surface area contributed by atoms with Crippen LogP contribution in [0.1, 0.15) is 26.2 Å². The van der Waals surface area contributed by atoms with Crippen LogP contribution >= 0.6 is 11.8 Å². The van der Waals surface area contributed by atoms with Crippen molar-refractivity contribution in [2.45, 2.75) is 37.5 Å². The van der Waals surface area contributed by atoms with Crippen molar-refractivity contribution in [3.63, 3.8) is 0 Å². The van der Waals surface area contributed by atoms with E-state index >= 15 is 0 Å². The van der Waals surface area contributed by atoms with Gasteiger partial charge in [0.25, 0.3) is 0 Å². The zero-order valence-corrected chi connectivity index (χ0v) is 12.5. The van der Waals surface area contributed by atoms with E-state index in [-0.39, 0.29) is 0 Å². The molecule has 0 bridgehead atoms. The van der Waals surface area contributed by atoms with Gasteiger partial charge in [0.2, 0.25) is 11.9 Å². The van der Waals surface area contributed by atoms with Crippen molar-refractivity contribution in [3.8, 4) is 6.01 Å². The molecule has 1 aromatic heterocycles. The van der Waals surface area contributed by atoms with Crippen molar-refractivity contribution in [2.75, 3.05) is 30.5 Å². The topological polar surface area (TPSA) is 72.0 Å². The summed E-state index contributed by atoms with van der Waals surface area (Å²) in [6.07, 6.45) is 3.60. The molecule has 0 aliphatic heterocycles. The van der Waals surface area contributed by atoms with Gasteiger partial charge in [-0.2, -0.15) is 26.7 Å². The second-order valence-electron chi connectivity index (χ2n) is 4.45. The molecule has 0 radical (unpaired) electrons. The second kappa shape index (κ2) is 6.79. The molecule has 1 aliphatic carbocycles. The molecule has 2 unspecified atom stereocenters. The van der Waals surface area contributed by atoms with Crippen molar-refractivity contribution >= 4 is 23.7 Å². The van der Waals surface area contributed by atoms with E-state index in [0.29, 0.717) is 23.9 Å². The maximum atomic E-state index is 5.08. The first-order valence-corrected chi connectivity index (χ1v) is 7.66. The van der Waals surface area contributed by atoms with Crippen LogP contribution < -0.4 is 15.4 Å². The molecule has 106 valence electrons. The van der Waals surface area contributed by atoms with Crippen molar-refractivity contribution < 1.29 is 4.74 Å². The van der Waals surface area contributed by atoms with E-state index < -0.39 is 0 Å². The van der Waals surface area contributed by atoms with Gasteiger partial charge < -0.3 is 15.4 Å². The summed E-state index contributed by atoms with van der Waals surface area (Å²) in [5, 5.41) is 7.05. The lowest BCUT2D eigenvalue weighted by Gasteiger charge is -2.13. The summed E-state index contributed by atoms with van der Waals surface area (Å²) in [5.74, 6) is 2.29. The molecule has 2 N–H and O–H groups in total. The van der Waals surface area contributed by atoms with E-state index in [1.165, 1.54) is 25.0 Å². The zero-order chi connectivity index (χ0) is 13.7. The smallest absolute Gasteiger partial charge is 0.322 e. The predicted molar refractivity (Wildman–Crippen MR) is 79.1 cm³/mol. The highest BCUT2D eigenvalue weighted by Gasteiger charge is 2.25. The Morgan fingerprint density at radius 2 is 2.05 bits per heavy atom. The molecule has 0 spiro atoms.